The number of nitrogens with two attached hydrogens (primary N) is 1. The number of methoxy groups -OCH3 is 1. The van der Waals surface area contributed by atoms with Gasteiger partial charge in [0.1, 0.15) is 5.75 Å². The number of hydrogen-bond donors (Lipinski definition) is 2. The maximum Gasteiger partial charge on any atom is 0.233 e. The standard InChI is InChI=1S/C10H9Cl2N5O/c1-18-7-3-2-5(4-6(7)11)14-10-16-8(12)15-9(13)17-10/h2-4H,1H3,(H3,13,14,15,16,17). The number of aromatic nitrogens is 3. The first kappa shape index (κ1) is 12.7. The summed E-state index contributed by atoms with van der Waals surface area (Å²) >= 11 is 11.7. The van der Waals surface area contributed by atoms with Crippen molar-refractivity contribution in [1.82, 2.24) is 15.0 Å². The van der Waals surface area contributed by atoms with Crippen LogP contribution in [0.2, 0.25) is 10.3 Å². The third-order valence-corrected chi connectivity index (χ3v) is 2.50. The quantitative estimate of drug-likeness (QED) is 0.901. The molecule has 0 unspecified atom stereocenters. The van der Waals surface area contributed by atoms with Crippen LogP contribution < -0.4 is 15.8 Å². The summed E-state index contributed by atoms with van der Waals surface area (Å²) in [6, 6.07) is 5.16. The van der Waals surface area contributed by atoms with Gasteiger partial charge in [-0.3, -0.25) is 0 Å². The summed E-state index contributed by atoms with van der Waals surface area (Å²) in [6.07, 6.45) is 0. The lowest BCUT2D eigenvalue weighted by Gasteiger charge is -2.07. The van der Waals surface area contributed by atoms with Crippen LogP contribution in [0.4, 0.5) is 17.6 Å². The second-order valence-corrected chi connectivity index (χ2v) is 4.01. The molecule has 0 spiro atoms. The summed E-state index contributed by atoms with van der Waals surface area (Å²) in [6.45, 7) is 0. The number of benzene rings is 1. The molecule has 0 fully saturated rings. The summed E-state index contributed by atoms with van der Waals surface area (Å²) in [5.41, 5.74) is 6.14. The third kappa shape index (κ3) is 2.91. The number of anilines is 3. The van der Waals surface area contributed by atoms with Crippen molar-refractivity contribution >= 4 is 40.8 Å². The smallest absolute Gasteiger partial charge is 0.233 e. The molecule has 0 aliphatic carbocycles. The first-order valence-corrected chi connectivity index (χ1v) is 5.61. The van der Waals surface area contributed by atoms with Crippen molar-refractivity contribution in [3.63, 3.8) is 0 Å². The molecule has 0 aliphatic heterocycles. The lowest BCUT2D eigenvalue weighted by Crippen LogP contribution is -2.03. The predicted molar refractivity (Wildman–Crippen MR) is 70.5 cm³/mol. The van der Waals surface area contributed by atoms with E-state index in [4.69, 9.17) is 33.7 Å². The highest BCUT2D eigenvalue weighted by molar-refractivity contribution is 6.32. The summed E-state index contributed by atoms with van der Waals surface area (Å²) in [4.78, 5) is 11.4. The second kappa shape index (κ2) is 5.24. The molecule has 94 valence electrons. The first-order chi connectivity index (χ1) is 8.58. The van der Waals surface area contributed by atoms with Crippen LogP contribution >= 0.6 is 23.2 Å². The molecule has 6 nitrogen and oxygen atoms in total. The Morgan fingerprint density at radius 3 is 2.61 bits per heavy atom. The molecule has 0 saturated carbocycles. The molecule has 0 aliphatic rings. The van der Waals surface area contributed by atoms with Gasteiger partial charge in [0.15, 0.2) is 0 Å². The van der Waals surface area contributed by atoms with Gasteiger partial charge in [-0.15, -0.1) is 0 Å². The Labute approximate surface area is 113 Å². The molecule has 18 heavy (non-hydrogen) atoms. The van der Waals surface area contributed by atoms with E-state index in [1.54, 1.807) is 25.3 Å². The Morgan fingerprint density at radius 2 is 2.00 bits per heavy atom. The number of nitrogen functional groups attached to an aromatic ring is 1. The van der Waals surface area contributed by atoms with Crippen molar-refractivity contribution in [2.24, 2.45) is 0 Å². The number of ether oxygens (including phenoxy) is 1. The molecule has 0 radical (unpaired) electrons. The largest absolute Gasteiger partial charge is 0.495 e. The fraction of sp³-hybridized carbons (Fsp3) is 0.100. The Kier molecular flexibility index (Phi) is 3.69. The van der Waals surface area contributed by atoms with E-state index in [-0.39, 0.29) is 17.2 Å². The highest BCUT2D eigenvalue weighted by atomic mass is 35.5. The predicted octanol–water partition coefficient (Wildman–Crippen LogP) is 2.51. The minimum absolute atomic E-state index is 0.0182. The van der Waals surface area contributed by atoms with E-state index in [0.29, 0.717) is 16.5 Å². The molecule has 1 heterocycles. The lowest BCUT2D eigenvalue weighted by molar-refractivity contribution is 0.415. The van der Waals surface area contributed by atoms with Crippen molar-refractivity contribution in [1.29, 1.82) is 0 Å². The summed E-state index contributed by atoms with van der Waals surface area (Å²) in [5.74, 6) is 0.862. The Morgan fingerprint density at radius 1 is 1.22 bits per heavy atom. The molecule has 2 rings (SSSR count). The summed E-state index contributed by atoms with van der Waals surface area (Å²) in [7, 11) is 1.54. The van der Waals surface area contributed by atoms with Gasteiger partial charge in [0.2, 0.25) is 17.2 Å². The van der Waals surface area contributed by atoms with E-state index < -0.39 is 0 Å². The zero-order valence-corrected chi connectivity index (χ0v) is 10.8. The maximum absolute atomic E-state index is 5.99. The van der Waals surface area contributed by atoms with Crippen molar-refractivity contribution in [2.75, 3.05) is 18.2 Å². The SMILES string of the molecule is COc1ccc(Nc2nc(N)nc(Cl)n2)cc1Cl. The van der Waals surface area contributed by atoms with Gasteiger partial charge in [0.05, 0.1) is 12.1 Å². The molecule has 0 bridgehead atoms. The van der Waals surface area contributed by atoms with Gasteiger partial charge in [-0.25, -0.2) is 0 Å². The van der Waals surface area contributed by atoms with Crippen LogP contribution in [-0.4, -0.2) is 22.1 Å². The molecular weight excluding hydrogens is 277 g/mol. The Hall–Kier alpha value is -1.79. The number of hydrogen-bond acceptors (Lipinski definition) is 6. The van der Waals surface area contributed by atoms with Gasteiger partial charge < -0.3 is 15.8 Å². The highest BCUT2D eigenvalue weighted by Crippen LogP contribution is 2.28. The fourth-order valence-corrected chi connectivity index (χ4v) is 1.72. The monoisotopic (exact) mass is 285 g/mol. The summed E-state index contributed by atoms with van der Waals surface area (Å²) in [5, 5.41) is 3.40. The van der Waals surface area contributed by atoms with Gasteiger partial charge in [-0.05, 0) is 29.8 Å². The van der Waals surface area contributed by atoms with E-state index in [0.717, 1.165) is 0 Å². The molecule has 3 N–H and O–H groups in total. The van der Waals surface area contributed by atoms with Gasteiger partial charge in [-0.2, -0.15) is 15.0 Å². The van der Waals surface area contributed by atoms with Crippen molar-refractivity contribution < 1.29 is 4.74 Å². The van der Waals surface area contributed by atoms with Crippen LogP contribution in [0.15, 0.2) is 18.2 Å². The number of rotatable bonds is 3. The fourth-order valence-electron chi connectivity index (χ4n) is 1.29. The van der Waals surface area contributed by atoms with E-state index >= 15 is 0 Å². The maximum atomic E-state index is 5.99. The minimum Gasteiger partial charge on any atom is -0.495 e. The average Bonchev–Trinajstić information content (AvgIpc) is 2.27. The van der Waals surface area contributed by atoms with E-state index in [2.05, 4.69) is 20.3 Å². The van der Waals surface area contributed by atoms with Gasteiger partial charge >= 0.3 is 0 Å². The van der Waals surface area contributed by atoms with Crippen LogP contribution in [0, 0.1) is 0 Å². The molecular formula is C10H9Cl2N5O. The lowest BCUT2D eigenvalue weighted by atomic mass is 10.3. The number of nitrogens with zero attached hydrogens (tertiary/aromatic N) is 3. The van der Waals surface area contributed by atoms with Crippen molar-refractivity contribution in [3.8, 4) is 5.75 Å². The van der Waals surface area contributed by atoms with E-state index in [9.17, 15) is 0 Å². The van der Waals surface area contributed by atoms with Crippen molar-refractivity contribution in [3.05, 3.63) is 28.5 Å². The van der Waals surface area contributed by atoms with E-state index in [1.165, 1.54) is 0 Å². The molecule has 1 aromatic heterocycles. The molecule has 0 atom stereocenters. The van der Waals surface area contributed by atoms with Crippen LogP contribution in [0.25, 0.3) is 0 Å². The molecule has 0 amide bonds. The van der Waals surface area contributed by atoms with Gasteiger partial charge in [0, 0.05) is 5.69 Å². The van der Waals surface area contributed by atoms with Crippen LogP contribution in [0.5, 0.6) is 5.75 Å². The highest BCUT2D eigenvalue weighted by Gasteiger charge is 2.05. The van der Waals surface area contributed by atoms with Crippen LogP contribution in [-0.2, 0) is 0 Å². The normalized spacial score (nSPS) is 10.2. The molecule has 0 saturated heterocycles. The molecule has 1 aromatic carbocycles. The first-order valence-electron chi connectivity index (χ1n) is 4.86. The second-order valence-electron chi connectivity index (χ2n) is 3.26. The zero-order valence-electron chi connectivity index (χ0n) is 9.32. The van der Waals surface area contributed by atoms with Crippen LogP contribution in [0.3, 0.4) is 0 Å². The van der Waals surface area contributed by atoms with Gasteiger partial charge in [0.25, 0.3) is 0 Å². The zero-order chi connectivity index (χ0) is 13.1. The Bertz CT molecular complexity index is 558. The third-order valence-electron chi connectivity index (χ3n) is 2.03. The molecule has 8 heteroatoms. The molecule has 2 aromatic rings. The topological polar surface area (TPSA) is 86.0 Å². The van der Waals surface area contributed by atoms with Crippen molar-refractivity contribution in [2.45, 2.75) is 0 Å². The minimum atomic E-state index is 0.0182. The van der Waals surface area contributed by atoms with Gasteiger partial charge in [-0.1, -0.05) is 11.6 Å². The van der Waals surface area contributed by atoms with E-state index in [1.807, 2.05) is 0 Å². The Balaban J connectivity index is 2.25. The summed E-state index contributed by atoms with van der Waals surface area (Å²) < 4.78 is 5.05. The number of halogens is 2. The number of nitrogens with one attached hydrogen (secondary N) is 1. The van der Waals surface area contributed by atoms with Crippen LogP contribution in [0.1, 0.15) is 0 Å². The average molecular weight is 286 g/mol.